The number of benzene rings is 3. The number of non-ortho nitro benzene ring substituents is 1. The predicted octanol–water partition coefficient (Wildman–Crippen LogP) is 5.25. The van der Waals surface area contributed by atoms with Crippen molar-refractivity contribution in [2.24, 2.45) is 4.99 Å². The summed E-state index contributed by atoms with van der Waals surface area (Å²) in [4.78, 5) is 43.3. The summed E-state index contributed by atoms with van der Waals surface area (Å²) < 4.78 is 32.4. The average Bonchev–Trinajstić information content (AvgIpc) is 3.64. The normalized spacial score (nSPS) is 14.6. The number of furan rings is 1. The van der Waals surface area contributed by atoms with Gasteiger partial charge >= 0.3 is 5.97 Å². The number of carbonyl (C=O) groups is 1. The van der Waals surface area contributed by atoms with Crippen LogP contribution in [-0.2, 0) is 9.53 Å². The van der Waals surface area contributed by atoms with Gasteiger partial charge in [-0.15, -0.1) is 0 Å². The fourth-order valence-electron chi connectivity index (χ4n) is 5.10. The average molecular weight is 626 g/mol. The highest BCUT2D eigenvalue weighted by Gasteiger charge is 2.35. The fraction of sp³-hybridized carbons (Fsp3) is 0.121. The van der Waals surface area contributed by atoms with Crippen molar-refractivity contribution in [2.75, 3.05) is 13.7 Å². The van der Waals surface area contributed by atoms with Crippen LogP contribution in [-0.4, -0.2) is 29.2 Å². The first-order valence-electron chi connectivity index (χ1n) is 13.8. The first kappa shape index (κ1) is 29.5. The quantitative estimate of drug-likeness (QED) is 0.131. The number of halogens is 1. The van der Waals surface area contributed by atoms with Gasteiger partial charge in [0.2, 0.25) is 0 Å². The molecule has 10 nitrogen and oxygen atoms in total. The second-order valence-electron chi connectivity index (χ2n) is 9.83. The van der Waals surface area contributed by atoms with E-state index in [1.54, 1.807) is 25.1 Å². The van der Waals surface area contributed by atoms with E-state index in [0.717, 1.165) is 11.3 Å². The number of fused-ring (bicyclic) bond motifs is 1. The highest BCUT2D eigenvalue weighted by Crippen LogP contribution is 2.36. The first-order chi connectivity index (χ1) is 21.8. The van der Waals surface area contributed by atoms with E-state index in [1.807, 2.05) is 30.3 Å². The molecule has 6 rings (SSSR count). The molecule has 0 bridgehead atoms. The van der Waals surface area contributed by atoms with Crippen molar-refractivity contribution in [3.05, 3.63) is 143 Å². The van der Waals surface area contributed by atoms with Crippen molar-refractivity contribution in [1.82, 2.24) is 4.57 Å². The minimum atomic E-state index is -0.949. The van der Waals surface area contributed by atoms with Gasteiger partial charge in [0, 0.05) is 17.7 Å². The Balaban J connectivity index is 1.52. The molecule has 226 valence electrons. The smallest absolute Gasteiger partial charge is 0.338 e. The topological polar surface area (TPSA) is 126 Å². The van der Waals surface area contributed by atoms with Crippen LogP contribution in [0.4, 0.5) is 10.1 Å². The summed E-state index contributed by atoms with van der Waals surface area (Å²) in [7, 11) is 1.40. The fourth-order valence-corrected chi connectivity index (χ4v) is 6.08. The van der Waals surface area contributed by atoms with E-state index in [1.165, 1.54) is 54.1 Å². The van der Waals surface area contributed by atoms with Gasteiger partial charge in [-0.3, -0.25) is 19.5 Å². The molecular formula is C33H24FN3O7S. The summed E-state index contributed by atoms with van der Waals surface area (Å²) in [5.74, 6) is -0.141. The number of aromatic nitrogens is 1. The number of methoxy groups -OCH3 is 1. The van der Waals surface area contributed by atoms with Crippen molar-refractivity contribution in [3.63, 3.8) is 0 Å². The van der Waals surface area contributed by atoms with Gasteiger partial charge in [-0.2, -0.15) is 0 Å². The zero-order chi connectivity index (χ0) is 31.7. The lowest BCUT2D eigenvalue weighted by molar-refractivity contribution is -0.384. The molecule has 0 saturated heterocycles. The van der Waals surface area contributed by atoms with Gasteiger partial charge in [0.25, 0.3) is 11.2 Å². The Labute approximate surface area is 258 Å². The number of nitro benzene ring substituents is 1. The van der Waals surface area contributed by atoms with E-state index in [9.17, 15) is 24.1 Å². The van der Waals surface area contributed by atoms with Crippen LogP contribution in [0.1, 0.15) is 29.9 Å². The summed E-state index contributed by atoms with van der Waals surface area (Å²) in [5.41, 5.74) is 1.58. The monoisotopic (exact) mass is 625 g/mol. The number of esters is 1. The van der Waals surface area contributed by atoms with Crippen LogP contribution in [0, 0.1) is 15.9 Å². The maximum Gasteiger partial charge on any atom is 0.338 e. The lowest BCUT2D eigenvalue weighted by Gasteiger charge is -2.25. The van der Waals surface area contributed by atoms with E-state index in [-0.39, 0.29) is 28.1 Å². The van der Waals surface area contributed by atoms with Gasteiger partial charge in [0.05, 0.1) is 52.1 Å². The Bertz CT molecular complexity index is 2150. The van der Waals surface area contributed by atoms with Crippen LogP contribution in [0.25, 0.3) is 23.1 Å². The number of nitro groups is 1. The Hall–Kier alpha value is -5.62. The molecule has 0 fully saturated rings. The van der Waals surface area contributed by atoms with Crippen LogP contribution in [0.5, 0.6) is 5.75 Å². The number of thiazole rings is 1. The summed E-state index contributed by atoms with van der Waals surface area (Å²) in [6.45, 7) is 1.79. The summed E-state index contributed by atoms with van der Waals surface area (Å²) in [6, 6.07) is 21.2. The second kappa shape index (κ2) is 12.2. The van der Waals surface area contributed by atoms with Crippen molar-refractivity contribution < 1.29 is 28.0 Å². The molecule has 0 amide bonds. The molecule has 0 saturated carbocycles. The highest BCUT2D eigenvalue weighted by atomic mass is 32.1. The molecular weight excluding hydrogens is 601 g/mol. The number of nitrogens with zero attached hydrogens (tertiary/aromatic N) is 3. The number of rotatable bonds is 8. The van der Waals surface area contributed by atoms with Crippen LogP contribution < -0.4 is 19.6 Å². The van der Waals surface area contributed by atoms with E-state index in [0.29, 0.717) is 38.7 Å². The number of hydrogen-bond acceptors (Lipinski definition) is 9. The summed E-state index contributed by atoms with van der Waals surface area (Å²) >= 11 is 1.11. The van der Waals surface area contributed by atoms with Crippen LogP contribution in [0.15, 0.2) is 105 Å². The van der Waals surface area contributed by atoms with Crippen molar-refractivity contribution >= 4 is 34.8 Å². The zero-order valence-electron chi connectivity index (χ0n) is 23.9. The minimum Gasteiger partial charge on any atom is -0.496 e. The minimum absolute atomic E-state index is 0.103. The van der Waals surface area contributed by atoms with Crippen LogP contribution in [0.3, 0.4) is 0 Å². The standard InChI is InChI=1S/C33H24FN3O7S/c1-3-43-32(39)28-29(19-7-5-4-6-8-19)35-33-36(30(28)20-9-11-21(34)12-10-20)31(38)27(45-33)18-23-14-16-25(44-23)24-15-13-22(37(40)41)17-26(24)42-2/h4-18,30H,3H2,1-2H3/b27-18-. The summed E-state index contributed by atoms with van der Waals surface area (Å²) in [5, 5.41) is 11.2. The third kappa shape index (κ3) is 5.58. The Morgan fingerprint density at radius 1 is 1.11 bits per heavy atom. The van der Waals surface area contributed by atoms with Gasteiger partial charge in [0.1, 0.15) is 23.1 Å². The molecule has 0 aliphatic carbocycles. The molecule has 0 radical (unpaired) electrons. The van der Waals surface area contributed by atoms with Crippen molar-refractivity contribution in [3.8, 4) is 17.1 Å². The SMILES string of the molecule is CCOC(=O)C1=C(c2ccccc2)N=c2s/c(=C\c3ccc(-c4ccc([N+](=O)[O-])cc4OC)o3)c(=O)n2C1c1ccc(F)cc1. The van der Waals surface area contributed by atoms with Crippen molar-refractivity contribution in [2.45, 2.75) is 13.0 Å². The van der Waals surface area contributed by atoms with E-state index >= 15 is 0 Å². The number of ether oxygens (including phenoxy) is 2. The molecule has 1 unspecified atom stereocenters. The van der Waals surface area contributed by atoms with E-state index in [4.69, 9.17) is 18.9 Å². The van der Waals surface area contributed by atoms with Gasteiger partial charge in [-0.05, 0) is 42.8 Å². The van der Waals surface area contributed by atoms with E-state index < -0.39 is 28.3 Å². The Morgan fingerprint density at radius 2 is 1.87 bits per heavy atom. The lowest BCUT2D eigenvalue weighted by atomic mass is 9.93. The van der Waals surface area contributed by atoms with Crippen LogP contribution >= 0.6 is 11.3 Å². The van der Waals surface area contributed by atoms with Gasteiger partial charge in [-0.25, -0.2) is 14.2 Å². The molecule has 2 aromatic heterocycles. The molecule has 0 N–H and O–H groups in total. The van der Waals surface area contributed by atoms with Crippen LogP contribution in [0.2, 0.25) is 0 Å². The first-order valence-corrected chi connectivity index (χ1v) is 14.6. The molecule has 3 aromatic carbocycles. The van der Waals surface area contributed by atoms with Gasteiger partial charge in [0.15, 0.2) is 4.80 Å². The number of hydrogen-bond donors (Lipinski definition) is 0. The predicted molar refractivity (Wildman–Crippen MR) is 165 cm³/mol. The molecule has 45 heavy (non-hydrogen) atoms. The molecule has 12 heteroatoms. The Morgan fingerprint density at radius 3 is 2.56 bits per heavy atom. The maximum absolute atomic E-state index is 14.0. The second-order valence-corrected chi connectivity index (χ2v) is 10.8. The van der Waals surface area contributed by atoms with Gasteiger partial charge < -0.3 is 13.9 Å². The third-order valence-corrected chi connectivity index (χ3v) is 8.10. The molecule has 5 aromatic rings. The molecule has 1 aliphatic heterocycles. The Kier molecular flexibility index (Phi) is 7.97. The van der Waals surface area contributed by atoms with Crippen molar-refractivity contribution in [1.29, 1.82) is 0 Å². The van der Waals surface area contributed by atoms with E-state index in [2.05, 4.69) is 0 Å². The molecule has 3 heterocycles. The largest absolute Gasteiger partial charge is 0.496 e. The molecule has 1 aliphatic rings. The van der Waals surface area contributed by atoms with Gasteiger partial charge in [-0.1, -0.05) is 53.8 Å². The zero-order valence-corrected chi connectivity index (χ0v) is 24.7. The summed E-state index contributed by atoms with van der Waals surface area (Å²) in [6.07, 6.45) is 1.56. The molecule has 0 spiro atoms. The highest BCUT2D eigenvalue weighted by molar-refractivity contribution is 7.07. The lowest BCUT2D eigenvalue weighted by Crippen LogP contribution is -2.40. The number of carbonyl (C=O) groups excluding carboxylic acids is 1. The maximum atomic E-state index is 14.0. The third-order valence-electron chi connectivity index (χ3n) is 7.12. The molecule has 1 atom stereocenters.